The first-order valence-electron chi connectivity index (χ1n) is 7.42. The lowest BCUT2D eigenvalue weighted by molar-refractivity contribution is -0.110. The van der Waals surface area contributed by atoms with Crippen LogP contribution in [0.25, 0.3) is 22.8 Å². The van der Waals surface area contributed by atoms with Crippen molar-refractivity contribution in [1.82, 2.24) is 4.98 Å². The molecule has 0 atom stereocenters. The van der Waals surface area contributed by atoms with Gasteiger partial charge in [0.25, 0.3) is 5.91 Å². The quantitative estimate of drug-likeness (QED) is 0.624. The molecule has 0 saturated carbocycles. The van der Waals surface area contributed by atoms with Gasteiger partial charge < -0.3 is 15.4 Å². The summed E-state index contributed by atoms with van der Waals surface area (Å²) in [5, 5.41) is 12.2. The highest BCUT2D eigenvalue weighted by Gasteiger charge is 2.29. The van der Waals surface area contributed by atoms with Gasteiger partial charge in [-0.1, -0.05) is 12.1 Å². The van der Waals surface area contributed by atoms with Gasteiger partial charge in [0.15, 0.2) is 0 Å². The molecular weight excluding hydrogens is 307 g/mol. The number of aromatic hydroxyl groups is 1. The molecule has 4 rings (SSSR count). The summed E-state index contributed by atoms with van der Waals surface area (Å²) in [5.74, 6) is -0.596. The van der Waals surface area contributed by atoms with Crippen LogP contribution in [0.15, 0.2) is 54.7 Å². The molecule has 1 aliphatic heterocycles. The number of fused-ring (bicyclic) bond motifs is 1. The van der Waals surface area contributed by atoms with E-state index >= 15 is 0 Å². The average molecular weight is 320 g/mol. The van der Waals surface area contributed by atoms with E-state index in [1.807, 2.05) is 12.1 Å². The van der Waals surface area contributed by atoms with E-state index < -0.39 is 5.82 Å². The molecule has 2 heterocycles. The number of rotatable bonds is 2. The summed E-state index contributed by atoms with van der Waals surface area (Å²) in [6.07, 6.45) is 3.46. The highest BCUT2D eigenvalue weighted by molar-refractivity contribution is 6.36. The first-order valence-corrected chi connectivity index (χ1v) is 7.42. The molecule has 0 unspecified atom stereocenters. The number of benzene rings is 2. The maximum atomic E-state index is 14.6. The maximum absolute atomic E-state index is 14.6. The van der Waals surface area contributed by atoms with Crippen LogP contribution >= 0.6 is 0 Å². The number of nitrogens with one attached hydrogen (secondary N) is 2. The number of carbonyl (C=O) groups excluding carboxylic acids is 1. The van der Waals surface area contributed by atoms with Crippen LogP contribution in [0.2, 0.25) is 0 Å². The second-order valence-corrected chi connectivity index (χ2v) is 5.53. The molecule has 0 aliphatic carbocycles. The normalized spacial score (nSPS) is 14.7. The predicted molar refractivity (Wildman–Crippen MR) is 90.8 cm³/mol. The van der Waals surface area contributed by atoms with Crippen molar-refractivity contribution in [2.24, 2.45) is 0 Å². The molecule has 3 N–H and O–H groups in total. The van der Waals surface area contributed by atoms with Crippen molar-refractivity contribution in [3.63, 3.8) is 0 Å². The van der Waals surface area contributed by atoms with Gasteiger partial charge in [-0.25, -0.2) is 4.39 Å². The maximum Gasteiger partial charge on any atom is 0.256 e. The fourth-order valence-electron chi connectivity index (χ4n) is 2.90. The van der Waals surface area contributed by atoms with Crippen LogP contribution in [0.4, 0.5) is 10.1 Å². The predicted octanol–water partition coefficient (Wildman–Crippen LogP) is 4.02. The largest absolute Gasteiger partial charge is 0.508 e. The Hall–Kier alpha value is -3.34. The van der Waals surface area contributed by atoms with Crippen LogP contribution in [0, 0.1) is 5.82 Å². The lowest BCUT2D eigenvalue weighted by Crippen LogP contribution is -2.03. The van der Waals surface area contributed by atoms with Gasteiger partial charge in [0.2, 0.25) is 0 Å². The van der Waals surface area contributed by atoms with Gasteiger partial charge in [0, 0.05) is 28.7 Å². The van der Waals surface area contributed by atoms with E-state index in [0.717, 1.165) is 5.69 Å². The molecule has 0 saturated heterocycles. The number of hydrogen-bond donors (Lipinski definition) is 3. The van der Waals surface area contributed by atoms with Gasteiger partial charge in [-0.2, -0.15) is 0 Å². The number of anilines is 1. The SMILES string of the molecule is O=C1Nc2ccc(F)c(-c3ccc(O)cc3)c2C1=Cc1ccc[nH]1. The summed E-state index contributed by atoms with van der Waals surface area (Å²) >= 11 is 0. The fourth-order valence-corrected chi connectivity index (χ4v) is 2.90. The average Bonchev–Trinajstić information content (AvgIpc) is 3.18. The molecule has 5 heteroatoms. The number of aromatic nitrogens is 1. The van der Waals surface area contributed by atoms with Crippen molar-refractivity contribution in [2.45, 2.75) is 0 Å². The van der Waals surface area contributed by atoms with Crippen molar-refractivity contribution in [2.75, 3.05) is 5.32 Å². The highest BCUT2D eigenvalue weighted by Crippen LogP contribution is 2.42. The van der Waals surface area contributed by atoms with E-state index in [1.54, 1.807) is 30.5 Å². The highest BCUT2D eigenvalue weighted by atomic mass is 19.1. The third-order valence-electron chi connectivity index (χ3n) is 3.99. The second kappa shape index (κ2) is 5.38. The zero-order valence-electron chi connectivity index (χ0n) is 12.5. The topological polar surface area (TPSA) is 65.1 Å². The summed E-state index contributed by atoms with van der Waals surface area (Å²) in [6, 6.07) is 12.8. The van der Waals surface area contributed by atoms with Gasteiger partial charge in [0.1, 0.15) is 11.6 Å². The first kappa shape index (κ1) is 14.3. The molecule has 0 radical (unpaired) electrons. The molecule has 0 bridgehead atoms. The molecule has 0 spiro atoms. The molecule has 2 aromatic carbocycles. The van der Waals surface area contributed by atoms with Gasteiger partial charge in [-0.05, 0) is 48.0 Å². The van der Waals surface area contributed by atoms with Crippen molar-refractivity contribution in [3.8, 4) is 16.9 Å². The zero-order valence-corrected chi connectivity index (χ0v) is 12.5. The van der Waals surface area contributed by atoms with Crippen molar-refractivity contribution in [1.29, 1.82) is 0 Å². The monoisotopic (exact) mass is 320 g/mol. The third kappa shape index (κ3) is 2.27. The summed E-state index contributed by atoms with van der Waals surface area (Å²) < 4.78 is 14.6. The fraction of sp³-hybridized carbons (Fsp3) is 0. The molecule has 1 aromatic heterocycles. The van der Waals surface area contributed by atoms with Crippen molar-refractivity contribution in [3.05, 3.63) is 71.8 Å². The smallest absolute Gasteiger partial charge is 0.256 e. The Morgan fingerprint density at radius 1 is 1.00 bits per heavy atom. The van der Waals surface area contributed by atoms with E-state index in [4.69, 9.17) is 0 Å². The lowest BCUT2D eigenvalue weighted by Gasteiger charge is -2.10. The van der Waals surface area contributed by atoms with Gasteiger partial charge in [-0.15, -0.1) is 0 Å². The first-order chi connectivity index (χ1) is 11.6. The number of halogens is 1. The van der Waals surface area contributed by atoms with Crippen molar-refractivity contribution < 1.29 is 14.3 Å². The molecule has 0 fully saturated rings. The third-order valence-corrected chi connectivity index (χ3v) is 3.99. The number of hydrogen-bond acceptors (Lipinski definition) is 2. The Bertz CT molecular complexity index is 958. The second-order valence-electron chi connectivity index (χ2n) is 5.53. The number of H-pyrrole nitrogens is 1. The van der Waals surface area contributed by atoms with Crippen LogP contribution in [0.5, 0.6) is 5.75 Å². The standard InChI is InChI=1S/C19H13FN2O2/c20-15-7-8-16-18(17(15)11-3-5-13(23)6-4-11)14(19(24)22-16)10-12-2-1-9-21-12/h1-10,21,23H,(H,22,24). The minimum atomic E-state index is -0.423. The van der Waals surface area contributed by atoms with Gasteiger partial charge >= 0.3 is 0 Å². The van der Waals surface area contributed by atoms with Crippen LogP contribution < -0.4 is 5.32 Å². The summed E-state index contributed by atoms with van der Waals surface area (Å²) in [4.78, 5) is 15.4. The minimum Gasteiger partial charge on any atom is -0.508 e. The van der Waals surface area contributed by atoms with Crippen LogP contribution in [-0.4, -0.2) is 16.0 Å². The Morgan fingerprint density at radius 2 is 1.79 bits per heavy atom. The van der Waals surface area contributed by atoms with Crippen LogP contribution in [0.3, 0.4) is 0 Å². The zero-order chi connectivity index (χ0) is 16.7. The number of amides is 1. The number of phenols is 1. The number of aromatic amines is 1. The Morgan fingerprint density at radius 3 is 2.50 bits per heavy atom. The Labute approximate surface area is 137 Å². The Balaban J connectivity index is 1.96. The van der Waals surface area contributed by atoms with Gasteiger partial charge in [0.05, 0.1) is 5.57 Å². The molecular formula is C19H13FN2O2. The van der Waals surface area contributed by atoms with E-state index in [-0.39, 0.29) is 11.7 Å². The Kier molecular flexibility index (Phi) is 3.20. The number of phenolic OH excluding ortho intramolecular Hbond substituents is 1. The van der Waals surface area contributed by atoms with Gasteiger partial charge in [-0.3, -0.25) is 4.79 Å². The molecule has 4 nitrogen and oxygen atoms in total. The molecule has 24 heavy (non-hydrogen) atoms. The minimum absolute atomic E-state index is 0.100. The molecule has 1 aliphatic rings. The number of carbonyl (C=O) groups is 1. The van der Waals surface area contributed by atoms with Crippen LogP contribution in [0.1, 0.15) is 11.3 Å². The van der Waals surface area contributed by atoms with Crippen molar-refractivity contribution >= 4 is 23.2 Å². The van der Waals surface area contributed by atoms with E-state index in [2.05, 4.69) is 10.3 Å². The lowest BCUT2D eigenvalue weighted by atomic mass is 9.94. The van der Waals surface area contributed by atoms with E-state index in [0.29, 0.717) is 28.0 Å². The summed E-state index contributed by atoms with van der Waals surface area (Å²) in [6.45, 7) is 0. The van der Waals surface area contributed by atoms with E-state index in [9.17, 15) is 14.3 Å². The summed E-state index contributed by atoms with van der Waals surface area (Å²) in [5.41, 5.74) is 3.19. The molecule has 3 aromatic rings. The summed E-state index contributed by atoms with van der Waals surface area (Å²) in [7, 11) is 0. The molecule has 118 valence electrons. The molecule has 1 amide bonds. The van der Waals surface area contributed by atoms with E-state index in [1.165, 1.54) is 18.2 Å². The van der Waals surface area contributed by atoms with Crippen LogP contribution in [-0.2, 0) is 4.79 Å².